The maximum absolute atomic E-state index is 12.7. The molecule has 232 valence electrons. The van der Waals surface area contributed by atoms with E-state index in [9.17, 15) is 30.3 Å². The summed E-state index contributed by atoms with van der Waals surface area (Å²) in [6.45, 7) is 3.71. The molecule has 0 aromatic heterocycles. The smallest absolute Gasteiger partial charge is 0.220 e. The molecule has 1 amide bonds. The van der Waals surface area contributed by atoms with E-state index in [2.05, 4.69) is 19.2 Å². The number of carbonyl (C=O) groups is 1. The van der Waals surface area contributed by atoms with Gasteiger partial charge in [0.25, 0.3) is 0 Å². The summed E-state index contributed by atoms with van der Waals surface area (Å²) in [7, 11) is 0. The van der Waals surface area contributed by atoms with Crippen molar-refractivity contribution < 1.29 is 39.8 Å². The van der Waals surface area contributed by atoms with Crippen LogP contribution in [-0.2, 0) is 14.3 Å². The van der Waals surface area contributed by atoms with E-state index in [0.29, 0.717) is 12.8 Å². The first-order valence-electron chi connectivity index (χ1n) is 15.7. The lowest BCUT2D eigenvalue weighted by atomic mass is 9.99. The Balaban J connectivity index is 2.53. The molecule has 1 fully saturated rings. The zero-order chi connectivity index (χ0) is 28.9. The highest BCUT2D eigenvalue weighted by Gasteiger charge is 2.44. The van der Waals surface area contributed by atoms with Crippen LogP contribution in [0, 0.1) is 0 Å². The number of aliphatic hydroxyl groups is 5. The number of hydrogen-bond acceptors (Lipinski definition) is 8. The summed E-state index contributed by atoms with van der Waals surface area (Å²) in [5, 5.41) is 53.5. The molecule has 0 bridgehead atoms. The molecular formula is C30H59NO8. The van der Waals surface area contributed by atoms with Crippen LogP contribution < -0.4 is 5.32 Å². The highest BCUT2D eigenvalue weighted by atomic mass is 16.7. The Morgan fingerprint density at radius 3 is 1.82 bits per heavy atom. The van der Waals surface area contributed by atoms with E-state index >= 15 is 0 Å². The third-order valence-electron chi connectivity index (χ3n) is 7.71. The monoisotopic (exact) mass is 561 g/mol. The van der Waals surface area contributed by atoms with Crippen molar-refractivity contribution in [1.29, 1.82) is 0 Å². The van der Waals surface area contributed by atoms with Gasteiger partial charge in [-0.15, -0.1) is 0 Å². The van der Waals surface area contributed by atoms with E-state index in [1.807, 2.05) is 0 Å². The summed E-state index contributed by atoms with van der Waals surface area (Å²) in [5.74, 6) is -0.155. The molecule has 6 N–H and O–H groups in total. The van der Waals surface area contributed by atoms with E-state index in [1.165, 1.54) is 64.2 Å². The summed E-state index contributed by atoms with van der Waals surface area (Å²) in [6.07, 6.45) is 11.4. The van der Waals surface area contributed by atoms with Crippen LogP contribution in [-0.4, -0.2) is 87.5 Å². The first kappa shape index (κ1) is 36.2. The summed E-state index contributed by atoms with van der Waals surface area (Å²) < 4.78 is 11.1. The first-order chi connectivity index (χ1) is 18.8. The van der Waals surface area contributed by atoms with Crippen molar-refractivity contribution in [3.8, 4) is 0 Å². The Bertz CT molecular complexity index is 593. The van der Waals surface area contributed by atoms with Crippen molar-refractivity contribution in [2.45, 2.75) is 172 Å². The average molecular weight is 562 g/mol. The molecule has 1 saturated heterocycles. The number of aliphatic hydroxyl groups excluding tert-OH is 5. The van der Waals surface area contributed by atoms with Crippen LogP contribution in [0.1, 0.15) is 129 Å². The number of hydrogen-bond donors (Lipinski definition) is 6. The van der Waals surface area contributed by atoms with Crippen molar-refractivity contribution in [2.24, 2.45) is 0 Å². The Labute approximate surface area is 236 Å². The standard InChI is InChI=1S/C30H59NO8/c1-3-5-7-9-11-12-14-15-17-19-24(33)23(31-26(34)20-18-16-13-10-8-6-4-2)22-38-30-29(37)28(36)27(35)25(21-32)39-30/h23-25,27-30,32-33,35-37H,3-22H2,1-2H3,(H,31,34)/t23-,24+,25+,27+,28?,29?,30+/m0/s1. The fourth-order valence-corrected chi connectivity index (χ4v) is 5.04. The zero-order valence-electron chi connectivity index (χ0n) is 24.6. The molecule has 0 radical (unpaired) electrons. The van der Waals surface area contributed by atoms with E-state index < -0.39 is 49.5 Å². The highest BCUT2D eigenvalue weighted by molar-refractivity contribution is 5.76. The lowest BCUT2D eigenvalue weighted by molar-refractivity contribution is -0.302. The predicted molar refractivity (Wildman–Crippen MR) is 152 cm³/mol. The Hall–Kier alpha value is -0.810. The van der Waals surface area contributed by atoms with Crippen LogP contribution >= 0.6 is 0 Å². The zero-order valence-corrected chi connectivity index (χ0v) is 24.6. The van der Waals surface area contributed by atoms with Gasteiger partial charge < -0.3 is 40.3 Å². The Kier molecular flexibility index (Phi) is 21.2. The Morgan fingerprint density at radius 2 is 1.28 bits per heavy atom. The summed E-state index contributed by atoms with van der Waals surface area (Å²) in [5.41, 5.74) is 0. The van der Waals surface area contributed by atoms with Gasteiger partial charge in [0, 0.05) is 6.42 Å². The van der Waals surface area contributed by atoms with Crippen molar-refractivity contribution in [2.75, 3.05) is 13.2 Å². The van der Waals surface area contributed by atoms with Crippen molar-refractivity contribution >= 4 is 5.91 Å². The van der Waals surface area contributed by atoms with Crippen LogP contribution in [0.2, 0.25) is 0 Å². The van der Waals surface area contributed by atoms with Gasteiger partial charge in [-0.2, -0.15) is 0 Å². The van der Waals surface area contributed by atoms with Gasteiger partial charge in [-0.1, -0.05) is 110 Å². The molecular weight excluding hydrogens is 502 g/mol. The maximum atomic E-state index is 12.7. The van der Waals surface area contributed by atoms with E-state index in [1.54, 1.807) is 0 Å². The molecule has 0 aromatic rings. The van der Waals surface area contributed by atoms with Crippen molar-refractivity contribution in [3.63, 3.8) is 0 Å². The highest BCUT2D eigenvalue weighted by Crippen LogP contribution is 2.22. The fourth-order valence-electron chi connectivity index (χ4n) is 5.04. The minimum absolute atomic E-state index is 0.135. The molecule has 7 atom stereocenters. The fraction of sp³-hybridized carbons (Fsp3) is 0.967. The molecule has 2 unspecified atom stereocenters. The van der Waals surface area contributed by atoms with Gasteiger partial charge in [-0.25, -0.2) is 0 Å². The maximum Gasteiger partial charge on any atom is 0.220 e. The molecule has 0 aromatic carbocycles. The summed E-state index contributed by atoms with van der Waals surface area (Å²) >= 11 is 0. The molecule has 1 aliphatic rings. The van der Waals surface area contributed by atoms with E-state index in [0.717, 1.165) is 38.5 Å². The van der Waals surface area contributed by atoms with Gasteiger partial charge in [-0.05, 0) is 12.8 Å². The topological polar surface area (TPSA) is 149 Å². The quantitative estimate of drug-likeness (QED) is 0.0977. The second-order valence-electron chi connectivity index (χ2n) is 11.3. The Morgan fingerprint density at radius 1 is 0.769 bits per heavy atom. The molecule has 0 spiro atoms. The summed E-state index contributed by atoms with van der Waals surface area (Å²) in [6, 6.07) is -0.705. The number of unbranched alkanes of at least 4 members (excludes halogenated alkanes) is 14. The normalized spacial score (nSPS) is 24.9. The number of ether oxygens (including phenoxy) is 2. The van der Waals surface area contributed by atoms with E-state index in [-0.39, 0.29) is 12.5 Å². The molecule has 9 heteroatoms. The average Bonchev–Trinajstić information content (AvgIpc) is 2.93. The van der Waals surface area contributed by atoms with Crippen LogP contribution in [0.15, 0.2) is 0 Å². The van der Waals surface area contributed by atoms with Gasteiger partial charge in [0.15, 0.2) is 6.29 Å². The number of carbonyl (C=O) groups excluding carboxylic acids is 1. The first-order valence-corrected chi connectivity index (χ1v) is 15.7. The molecule has 1 rings (SSSR count). The SMILES string of the molecule is CCCCCCCCCCC[C@@H](O)[C@H](CO[C@@H]1O[C@H](CO)[C@@H](O)C(O)C1O)NC(=O)CCCCCCCCC. The van der Waals surface area contributed by atoms with Crippen LogP contribution in [0.5, 0.6) is 0 Å². The molecule has 9 nitrogen and oxygen atoms in total. The third kappa shape index (κ3) is 15.7. The predicted octanol–water partition coefficient (Wildman–Crippen LogP) is 3.71. The van der Waals surface area contributed by atoms with Gasteiger partial charge in [0.1, 0.15) is 24.4 Å². The van der Waals surface area contributed by atoms with Gasteiger partial charge >= 0.3 is 0 Å². The summed E-state index contributed by atoms with van der Waals surface area (Å²) in [4.78, 5) is 12.7. The number of amides is 1. The molecule has 0 aliphatic carbocycles. The molecule has 1 heterocycles. The van der Waals surface area contributed by atoms with E-state index in [4.69, 9.17) is 9.47 Å². The van der Waals surface area contributed by atoms with Crippen LogP contribution in [0.4, 0.5) is 0 Å². The minimum Gasteiger partial charge on any atom is -0.394 e. The number of rotatable bonds is 24. The lowest BCUT2D eigenvalue weighted by Gasteiger charge is -2.40. The lowest BCUT2D eigenvalue weighted by Crippen LogP contribution is -2.60. The van der Waals surface area contributed by atoms with Gasteiger partial charge in [0.2, 0.25) is 5.91 Å². The van der Waals surface area contributed by atoms with Gasteiger partial charge in [-0.3, -0.25) is 4.79 Å². The second-order valence-corrected chi connectivity index (χ2v) is 11.3. The molecule has 39 heavy (non-hydrogen) atoms. The molecule has 0 saturated carbocycles. The van der Waals surface area contributed by atoms with Crippen LogP contribution in [0.25, 0.3) is 0 Å². The number of nitrogens with one attached hydrogen (secondary N) is 1. The van der Waals surface area contributed by atoms with Crippen molar-refractivity contribution in [3.05, 3.63) is 0 Å². The van der Waals surface area contributed by atoms with Gasteiger partial charge in [0.05, 0.1) is 25.4 Å². The van der Waals surface area contributed by atoms with Crippen LogP contribution in [0.3, 0.4) is 0 Å². The largest absolute Gasteiger partial charge is 0.394 e. The molecule has 1 aliphatic heterocycles. The third-order valence-corrected chi connectivity index (χ3v) is 7.71. The van der Waals surface area contributed by atoms with Crippen molar-refractivity contribution in [1.82, 2.24) is 5.32 Å². The minimum atomic E-state index is -1.54. The second kappa shape index (κ2) is 22.8.